The van der Waals surface area contributed by atoms with Crippen LogP contribution in [0.4, 0.5) is 13.2 Å². The van der Waals surface area contributed by atoms with E-state index in [1.807, 2.05) is 0 Å². The van der Waals surface area contributed by atoms with Crippen LogP contribution in [-0.2, 0) is 12.7 Å². The Labute approximate surface area is 188 Å². The number of ether oxygens (including phenoxy) is 2. The number of phenolic OH excluding ortho intramolecular Hbond substituents is 1. The molecule has 1 aliphatic rings. The van der Waals surface area contributed by atoms with Crippen molar-refractivity contribution in [2.45, 2.75) is 38.4 Å². The maximum atomic E-state index is 13.9. The second-order valence-electron chi connectivity index (χ2n) is 8.15. The smallest absolute Gasteiger partial charge is 0.453 e. The number of likely N-dealkylation sites (tertiary alicyclic amines) is 1. The highest BCUT2D eigenvalue weighted by molar-refractivity contribution is 5.83. The van der Waals surface area contributed by atoms with E-state index in [0.29, 0.717) is 5.75 Å². The molecule has 4 rings (SSSR count). The Morgan fingerprint density at radius 2 is 1.64 bits per heavy atom. The van der Waals surface area contributed by atoms with Crippen LogP contribution in [0.5, 0.6) is 23.0 Å². The van der Waals surface area contributed by atoms with Crippen LogP contribution < -0.4 is 19.8 Å². The fourth-order valence-corrected chi connectivity index (χ4v) is 4.15. The van der Waals surface area contributed by atoms with Gasteiger partial charge in [0.25, 0.3) is 5.76 Å². The number of nitrogens with one attached hydrogen (secondary N) is 1. The van der Waals surface area contributed by atoms with Crippen LogP contribution in [0, 0.1) is 0 Å². The van der Waals surface area contributed by atoms with Crippen molar-refractivity contribution in [2.75, 3.05) is 20.2 Å². The number of alkyl halides is 3. The molecular formula is C24H25F3NO5+. The third-order valence-electron chi connectivity index (χ3n) is 5.87. The predicted octanol–water partition coefficient (Wildman–Crippen LogP) is 4.28. The number of rotatable bonds is 5. The van der Waals surface area contributed by atoms with Crippen LogP contribution in [0.15, 0.2) is 45.6 Å². The summed E-state index contributed by atoms with van der Waals surface area (Å²) < 4.78 is 57.5. The molecule has 9 heteroatoms. The van der Waals surface area contributed by atoms with Crippen molar-refractivity contribution in [1.82, 2.24) is 0 Å². The Hall–Kier alpha value is -3.20. The highest BCUT2D eigenvalue weighted by atomic mass is 19.4. The van der Waals surface area contributed by atoms with Gasteiger partial charge in [-0.3, -0.25) is 4.79 Å². The van der Waals surface area contributed by atoms with Crippen molar-refractivity contribution in [2.24, 2.45) is 0 Å². The molecule has 0 aliphatic carbocycles. The van der Waals surface area contributed by atoms with Crippen molar-refractivity contribution in [1.29, 1.82) is 0 Å². The van der Waals surface area contributed by atoms with E-state index >= 15 is 0 Å². The lowest BCUT2D eigenvalue weighted by Crippen LogP contribution is -3.10. The average molecular weight is 464 g/mol. The summed E-state index contributed by atoms with van der Waals surface area (Å²) >= 11 is 0. The lowest BCUT2D eigenvalue weighted by molar-refractivity contribution is -0.913. The standard InChI is InChI=1S/C24H24F3NO5/c1-31-15-6-8-16(9-7-15)32-22-20(30)17-10-11-19(29)18(14-28-12-4-2-3-5-13-28)21(17)33-23(22)24(25,26)27/h6-11,29H,2-5,12-14H2,1H3/p+1. The minimum Gasteiger partial charge on any atom is -0.507 e. The van der Waals surface area contributed by atoms with Gasteiger partial charge in [-0.25, -0.2) is 0 Å². The molecule has 0 unspecified atom stereocenters. The molecule has 0 bridgehead atoms. The summed E-state index contributed by atoms with van der Waals surface area (Å²) in [5.41, 5.74) is -1.01. The van der Waals surface area contributed by atoms with E-state index in [1.54, 1.807) is 0 Å². The molecular weight excluding hydrogens is 439 g/mol. The largest absolute Gasteiger partial charge is 0.507 e. The number of aromatic hydroxyl groups is 1. The Morgan fingerprint density at radius 3 is 2.24 bits per heavy atom. The minimum atomic E-state index is -4.98. The zero-order valence-electron chi connectivity index (χ0n) is 18.1. The van der Waals surface area contributed by atoms with Crippen LogP contribution in [0.3, 0.4) is 0 Å². The lowest BCUT2D eigenvalue weighted by Gasteiger charge is -2.19. The summed E-state index contributed by atoms with van der Waals surface area (Å²) in [6.07, 6.45) is -0.779. The van der Waals surface area contributed by atoms with E-state index in [9.17, 15) is 23.1 Å². The van der Waals surface area contributed by atoms with Crippen molar-refractivity contribution in [3.05, 3.63) is 57.9 Å². The number of phenols is 1. The van der Waals surface area contributed by atoms with Crippen LogP contribution in [0.25, 0.3) is 11.0 Å². The number of hydrogen-bond acceptors (Lipinski definition) is 5. The average Bonchev–Trinajstić information content (AvgIpc) is 3.06. The van der Waals surface area contributed by atoms with Crippen molar-refractivity contribution in [3.63, 3.8) is 0 Å². The Bertz CT molecular complexity index is 1180. The first-order valence-corrected chi connectivity index (χ1v) is 10.8. The van der Waals surface area contributed by atoms with Crippen LogP contribution in [0.2, 0.25) is 0 Å². The summed E-state index contributed by atoms with van der Waals surface area (Å²) in [7, 11) is 1.45. The molecule has 6 nitrogen and oxygen atoms in total. The molecule has 3 aromatic rings. The zero-order chi connectivity index (χ0) is 23.6. The molecule has 0 radical (unpaired) electrons. The quantitative estimate of drug-likeness (QED) is 0.590. The summed E-state index contributed by atoms with van der Waals surface area (Å²) in [6.45, 7) is 1.94. The summed E-state index contributed by atoms with van der Waals surface area (Å²) in [6, 6.07) is 8.38. The van der Waals surface area contributed by atoms with Gasteiger partial charge in [-0.15, -0.1) is 0 Å². The van der Waals surface area contributed by atoms with E-state index in [4.69, 9.17) is 13.9 Å². The first kappa shape index (κ1) is 23.0. The molecule has 1 aliphatic heterocycles. The fourth-order valence-electron chi connectivity index (χ4n) is 4.15. The number of halogens is 3. The molecule has 176 valence electrons. The van der Waals surface area contributed by atoms with Gasteiger partial charge in [-0.1, -0.05) is 0 Å². The number of methoxy groups -OCH3 is 1. The zero-order valence-corrected chi connectivity index (χ0v) is 18.1. The molecule has 2 heterocycles. The van der Waals surface area contributed by atoms with E-state index in [-0.39, 0.29) is 34.6 Å². The van der Waals surface area contributed by atoms with E-state index in [2.05, 4.69) is 0 Å². The Morgan fingerprint density at radius 1 is 1.00 bits per heavy atom. The van der Waals surface area contributed by atoms with Crippen LogP contribution in [-0.4, -0.2) is 25.3 Å². The minimum absolute atomic E-state index is 0.0287. The Balaban J connectivity index is 1.83. The van der Waals surface area contributed by atoms with Gasteiger partial charge in [-0.05, 0) is 62.1 Å². The second-order valence-corrected chi connectivity index (χ2v) is 8.15. The number of quaternary nitrogens is 1. The normalized spacial score (nSPS) is 15.4. The molecule has 1 aromatic heterocycles. The van der Waals surface area contributed by atoms with Gasteiger partial charge in [0.05, 0.1) is 31.1 Å². The van der Waals surface area contributed by atoms with Gasteiger partial charge >= 0.3 is 6.18 Å². The molecule has 0 atom stereocenters. The van der Waals surface area contributed by atoms with Crippen molar-refractivity contribution in [3.8, 4) is 23.0 Å². The second kappa shape index (κ2) is 9.35. The monoisotopic (exact) mass is 464 g/mol. The Kier molecular flexibility index (Phi) is 6.51. The van der Waals surface area contributed by atoms with Crippen LogP contribution >= 0.6 is 0 Å². The molecule has 0 amide bonds. The first-order chi connectivity index (χ1) is 15.8. The first-order valence-electron chi connectivity index (χ1n) is 10.8. The van der Waals surface area contributed by atoms with Gasteiger partial charge in [0.15, 0.2) is 5.58 Å². The topological polar surface area (TPSA) is 73.3 Å². The molecule has 1 saturated heterocycles. The van der Waals surface area contributed by atoms with Gasteiger partial charge in [0, 0.05) is 0 Å². The molecule has 0 spiro atoms. The SMILES string of the molecule is COc1ccc(Oc2c(C(F)(F)F)oc3c(C[NH+]4CCCCCC4)c(O)ccc3c2=O)cc1. The summed E-state index contributed by atoms with van der Waals surface area (Å²) in [5.74, 6) is -2.16. The molecule has 1 fully saturated rings. The summed E-state index contributed by atoms with van der Waals surface area (Å²) in [4.78, 5) is 14.3. The highest BCUT2D eigenvalue weighted by Crippen LogP contribution is 2.39. The van der Waals surface area contributed by atoms with Gasteiger partial charge < -0.3 is 23.9 Å². The lowest BCUT2D eigenvalue weighted by atomic mass is 10.1. The fraction of sp³-hybridized carbons (Fsp3) is 0.375. The molecule has 2 aromatic carbocycles. The van der Waals surface area contributed by atoms with Crippen molar-refractivity contribution < 1.29 is 37.1 Å². The van der Waals surface area contributed by atoms with Gasteiger partial charge in [-0.2, -0.15) is 13.2 Å². The molecule has 33 heavy (non-hydrogen) atoms. The summed E-state index contributed by atoms with van der Waals surface area (Å²) in [5, 5.41) is 10.4. The third-order valence-corrected chi connectivity index (χ3v) is 5.87. The van der Waals surface area contributed by atoms with Crippen molar-refractivity contribution >= 4 is 11.0 Å². The number of benzene rings is 2. The number of hydrogen-bond donors (Lipinski definition) is 2. The predicted molar refractivity (Wildman–Crippen MR) is 115 cm³/mol. The van der Waals surface area contributed by atoms with E-state index < -0.39 is 23.1 Å². The molecule has 0 saturated carbocycles. The maximum absolute atomic E-state index is 13.9. The van der Waals surface area contributed by atoms with Gasteiger partial charge in [0.1, 0.15) is 23.8 Å². The van der Waals surface area contributed by atoms with Gasteiger partial charge in [0.2, 0.25) is 11.2 Å². The third kappa shape index (κ3) is 4.93. The van der Waals surface area contributed by atoms with E-state index in [1.165, 1.54) is 43.5 Å². The molecule has 2 N–H and O–H groups in total. The number of fused-ring (bicyclic) bond motifs is 1. The maximum Gasteiger partial charge on any atom is 0.453 e. The van der Waals surface area contributed by atoms with E-state index in [0.717, 1.165) is 43.7 Å². The van der Waals surface area contributed by atoms with Crippen LogP contribution in [0.1, 0.15) is 37.0 Å². The highest BCUT2D eigenvalue weighted by Gasteiger charge is 2.41.